The minimum atomic E-state index is -0.493. The quantitative estimate of drug-likeness (QED) is 0.0662. The molecule has 0 aromatic heterocycles. The van der Waals surface area contributed by atoms with E-state index >= 15 is 0 Å². The highest BCUT2D eigenvalue weighted by Gasteiger charge is 2.24. The molecule has 40 heavy (non-hydrogen) atoms. The van der Waals surface area contributed by atoms with E-state index in [0.29, 0.717) is 13.2 Å². The van der Waals surface area contributed by atoms with Crippen LogP contribution >= 0.6 is 0 Å². The van der Waals surface area contributed by atoms with Crippen LogP contribution in [-0.2, 0) is 18.9 Å². The largest absolute Gasteiger partial charge is 0.508 e. The highest BCUT2D eigenvalue weighted by atomic mass is 16.8. The number of carbonyl (C=O) groups excluding carboxylic acids is 2. The minimum Gasteiger partial charge on any atom is -0.430 e. The summed E-state index contributed by atoms with van der Waals surface area (Å²) in [5.41, 5.74) is 0. The predicted octanol–water partition coefficient (Wildman–Crippen LogP) is 11.0. The van der Waals surface area contributed by atoms with Crippen LogP contribution in [0.5, 0.6) is 0 Å². The summed E-state index contributed by atoms with van der Waals surface area (Å²) in [5.74, 6) is 0. The third-order valence-corrected chi connectivity index (χ3v) is 8.60. The molecule has 0 spiro atoms. The van der Waals surface area contributed by atoms with Crippen LogP contribution in [0.2, 0.25) is 0 Å². The van der Waals surface area contributed by atoms with E-state index in [1.54, 1.807) is 0 Å². The maximum Gasteiger partial charge on any atom is 0.508 e. The van der Waals surface area contributed by atoms with Crippen LogP contribution in [0.15, 0.2) is 0 Å². The van der Waals surface area contributed by atoms with Gasteiger partial charge in [0.15, 0.2) is 0 Å². The zero-order valence-corrected chi connectivity index (χ0v) is 25.8. The van der Waals surface area contributed by atoms with Gasteiger partial charge >= 0.3 is 12.3 Å². The third-order valence-electron chi connectivity index (χ3n) is 8.60. The first kappa shape index (κ1) is 34.7. The smallest absolute Gasteiger partial charge is 0.430 e. The Labute approximate surface area is 246 Å². The van der Waals surface area contributed by atoms with Gasteiger partial charge in [-0.05, 0) is 25.7 Å². The fraction of sp³-hybridized carbons (Fsp3) is 0.941. The van der Waals surface area contributed by atoms with E-state index in [9.17, 15) is 9.59 Å². The molecule has 0 N–H and O–H groups in total. The second kappa shape index (κ2) is 25.3. The first-order valence-electron chi connectivity index (χ1n) is 17.4. The second-order valence-electron chi connectivity index (χ2n) is 12.4. The van der Waals surface area contributed by atoms with Gasteiger partial charge in [-0.1, -0.05) is 154 Å². The van der Waals surface area contributed by atoms with Crippen molar-refractivity contribution in [3.8, 4) is 0 Å². The van der Waals surface area contributed by atoms with Gasteiger partial charge < -0.3 is 18.9 Å². The fourth-order valence-corrected chi connectivity index (χ4v) is 6.00. The van der Waals surface area contributed by atoms with E-state index in [4.69, 9.17) is 18.9 Å². The molecule has 6 heteroatoms. The molecule has 2 aliphatic heterocycles. The van der Waals surface area contributed by atoms with Gasteiger partial charge in [-0.25, -0.2) is 9.59 Å². The molecule has 6 nitrogen and oxygen atoms in total. The van der Waals surface area contributed by atoms with Crippen molar-refractivity contribution in [1.29, 1.82) is 0 Å². The van der Waals surface area contributed by atoms with Gasteiger partial charge in [0.05, 0.1) is 0 Å². The Hall–Kier alpha value is -1.46. The van der Waals surface area contributed by atoms with Gasteiger partial charge in [0, 0.05) is 0 Å². The summed E-state index contributed by atoms with van der Waals surface area (Å²) in [6.07, 6.45) is 36.6. The minimum absolute atomic E-state index is 0.00614. The lowest BCUT2D eigenvalue weighted by Gasteiger charge is -2.06. The van der Waals surface area contributed by atoms with E-state index in [0.717, 1.165) is 25.7 Å². The molecule has 2 aliphatic rings. The predicted molar refractivity (Wildman–Crippen MR) is 162 cm³/mol. The summed E-state index contributed by atoms with van der Waals surface area (Å²) < 4.78 is 19.8. The molecule has 0 aromatic carbocycles. The van der Waals surface area contributed by atoms with Crippen molar-refractivity contribution >= 4 is 12.3 Å². The number of unbranched alkanes of at least 4 members (excludes halogenated alkanes) is 25. The molecule has 0 saturated carbocycles. The topological polar surface area (TPSA) is 71.1 Å². The molecule has 0 aromatic rings. The Kier molecular flexibility index (Phi) is 21.9. The van der Waals surface area contributed by atoms with Gasteiger partial charge in [-0.2, -0.15) is 0 Å². The molecule has 234 valence electrons. The van der Waals surface area contributed by atoms with Crippen molar-refractivity contribution in [2.24, 2.45) is 0 Å². The fourth-order valence-electron chi connectivity index (χ4n) is 6.00. The Balaban J connectivity index is 1.14. The highest BCUT2D eigenvalue weighted by molar-refractivity contribution is 5.62. The first-order valence-corrected chi connectivity index (χ1v) is 17.4. The number of hydrogen-bond acceptors (Lipinski definition) is 6. The van der Waals surface area contributed by atoms with Gasteiger partial charge in [0.25, 0.3) is 0 Å². The number of hydrogen-bond donors (Lipinski definition) is 0. The molecule has 0 amide bonds. The van der Waals surface area contributed by atoms with Crippen LogP contribution in [0, 0.1) is 0 Å². The van der Waals surface area contributed by atoms with Gasteiger partial charge in [-0.3, -0.25) is 0 Å². The van der Waals surface area contributed by atoms with Crippen molar-refractivity contribution in [1.82, 2.24) is 0 Å². The summed E-state index contributed by atoms with van der Waals surface area (Å²) in [6.45, 7) is 0.897. The molecule has 2 saturated heterocycles. The summed E-state index contributed by atoms with van der Waals surface area (Å²) in [4.78, 5) is 21.8. The summed E-state index contributed by atoms with van der Waals surface area (Å²) >= 11 is 0. The van der Waals surface area contributed by atoms with Gasteiger partial charge in [-0.15, -0.1) is 0 Å². The number of ether oxygens (including phenoxy) is 4. The zero-order chi connectivity index (χ0) is 28.4. The van der Waals surface area contributed by atoms with Crippen molar-refractivity contribution in [3.63, 3.8) is 0 Å². The maximum absolute atomic E-state index is 10.9. The second-order valence-corrected chi connectivity index (χ2v) is 12.4. The van der Waals surface area contributed by atoms with Crippen LogP contribution in [0.25, 0.3) is 0 Å². The van der Waals surface area contributed by atoms with E-state index < -0.39 is 12.3 Å². The highest BCUT2D eigenvalue weighted by Crippen LogP contribution is 2.18. The van der Waals surface area contributed by atoms with Crippen LogP contribution < -0.4 is 0 Å². The Morgan fingerprint density at radius 1 is 0.350 bits per heavy atom. The molecular formula is C34H62O6. The summed E-state index contributed by atoms with van der Waals surface area (Å²) in [6, 6.07) is 0. The lowest BCUT2D eigenvalue weighted by atomic mass is 10.0. The van der Waals surface area contributed by atoms with Gasteiger partial charge in [0.2, 0.25) is 0 Å². The lowest BCUT2D eigenvalue weighted by molar-refractivity contribution is 0.114. The van der Waals surface area contributed by atoms with Crippen LogP contribution in [0.3, 0.4) is 0 Å². The number of cyclic esters (lactones) is 4. The van der Waals surface area contributed by atoms with Crippen molar-refractivity contribution in [3.05, 3.63) is 0 Å². The van der Waals surface area contributed by atoms with Crippen LogP contribution in [0.4, 0.5) is 9.59 Å². The standard InChI is InChI=1S/C34H62O6/c35-33-37-29-31(39-33)27-25-23-21-19-17-15-13-11-9-7-5-3-1-2-4-6-8-10-12-14-16-18-20-22-24-26-28-32-30-38-34(36)40-32/h31-32H,1-30H2. The molecule has 0 aliphatic carbocycles. The normalized spacial score (nSPS) is 18.5. The molecule has 2 atom stereocenters. The molecular weight excluding hydrogens is 504 g/mol. The SMILES string of the molecule is O=C1OCC(CCCCCCCCCCCCCCCCCCCCCCCCCCCCC2COC(=O)O2)O1. The molecule has 2 unspecified atom stereocenters. The summed E-state index contributed by atoms with van der Waals surface area (Å²) in [5, 5.41) is 0. The van der Waals surface area contributed by atoms with E-state index in [1.807, 2.05) is 0 Å². The molecule has 0 bridgehead atoms. The van der Waals surface area contributed by atoms with Crippen molar-refractivity contribution in [2.75, 3.05) is 13.2 Å². The monoisotopic (exact) mass is 566 g/mol. The van der Waals surface area contributed by atoms with Crippen LogP contribution in [0.1, 0.15) is 180 Å². The zero-order valence-electron chi connectivity index (χ0n) is 25.8. The summed E-state index contributed by atoms with van der Waals surface area (Å²) in [7, 11) is 0. The lowest BCUT2D eigenvalue weighted by Crippen LogP contribution is -2.09. The number of rotatable bonds is 29. The molecule has 2 fully saturated rings. The van der Waals surface area contributed by atoms with Crippen molar-refractivity contribution in [2.45, 2.75) is 192 Å². The third kappa shape index (κ3) is 20.4. The van der Waals surface area contributed by atoms with E-state index in [-0.39, 0.29) is 12.2 Å². The van der Waals surface area contributed by atoms with Gasteiger partial charge in [0.1, 0.15) is 25.4 Å². The average Bonchev–Trinajstić information content (AvgIpc) is 3.57. The Bertz CT molecular complexity index is 557. The Morgan fingerprint density at radius 2 is 0.550 bits per heavy atom. The maximum atomic E-state index is 10.9. The first-order chi connectivity index (χ1) is 19.7. The van der Waals surface area contributed by atoms with Crippen molar-refractivity contribution < 1.29 is 28.5 Å². The van der Waals surface area contributed by atoms with E-state index in [2.05, 4.69) is 0 Å². The Morgan fingerprint density at radius 3 is 0.725 bits per heavy atom. The molecule has 2 heterocycles. The van der Waals surface area contributed by atoms with E-state index in [1.165, 1.54) is 154 Å². The van der Waals surface area contributed by atoms with Crippen LogP contribution in [-0.4, -0.2) is 37.7 Å². The number of carbonyl (C=O) groups is 2. The average molecular weight is 567 g/mol. The molecule has 0 radical (unpaired) electrons. The molecule has 2 rings (SSSR count).